The van der Waals surface area contributed by atoms with Gasteiger partial charge in [0.05, 0.1) is 16.5 Å². The van der Waals surface area contributed by atoms with E-state index in [0.29, 0.717) is 0 Å². The van der Waals surface area contributed by atoms with E-state index in [1.165, 1.54) is 55.6 Å². The maximum atomic E-state index is 7.31. The Morgan fingerprint density at radius 1 is 0.328 bits per heavy atom. The number of hydrogen-bond donors (Lipinski definition) is 0. The van der Waals surface area contributed by atoms with Crippen molar-refractivity contribution >= 4 is 60.9 Å². The van der Waals surface area contributed by atoms with E-state index in [4.69, 9.17) is 8.83 Å². The Morgan fingerprint density at radius 2 is 0.875 bits per heavy atom. The van der Waals surface area contributed by atoms with Gasteiger partial charge >= 0.3 is 0 Å². The molecule has 298 valence electrons. The van der Waals surface area contributed by atoms with Gasteiger partial charge < -0.3 is 13.7 Å². The Hall–Kier alpha value is -8.40. The third-order valence-corrected chi connectivity index (χ3v) is 13.9. The fourth-order valence-electron chi connectivity index (χ4n) is 11.4. The number of furan rings is 2. The zero-order valence-electron chi connectivity index (χ0n) is 34.6. The highest BCUT2D eigenvalue weighted by Crippen LogP contribution is 2.64. The summed E-state index contributed by atoms with van der Waals surface area (Å²) in [5.41, 5.74) is 20.8. The van der Waals surface area contributed by atoms with E-state index in [9.17, 15) is 0 Å². The van der Waals surface area contributed by atoms with Crippen LogP contribution in [0.25, 0.3) is 88.4 Å². The van der Waals surface area contributed by atoms with Crippen molar-refractivity contribution < 1.29 is 8.83 Å². The first-order valence-corrected chi connectivity index (χ1v) is 22.0. The Balaban J connectivity index is 1.08. The van der Waals surface area contributed by atoms with Gasteiger partial charge in [-0.05, 0) is 110 Å². The Kier molecular flexibility index (Phi) is 7.32. The van der Waals surface area contributed by atoms with Crippen LogP contribution in [-0.2, 0) is 5.41 Å². The van der Waals surface area contributed by atoms with Crippen LogP contribution in [0.2, 0.25) is 0 Å². The highest BCUT2D eigenvalue weighted by atomic mass is 16.3. The molecule has 0 bridgehead atoms. The molecule has 0 amide bonds. The second-order valence-electron chi connectivity index (χ2n) is 17.1. The summed E-state index contributed by atoms with van der Waals surface area (Å²) in [6.07, 6.45) is 0. The quantitative estimate of drug-likeness (QED) is 0.173. The predicted molar refractivity (Wildman–Crippen MR) is 263 cm³/mol. The van der Waals surface area contributed by atoms with Crippen LogP contribution < -0.4 is 4.90 Å². The topological polar surface area (TPSA) is 29.5 Å². The van der Waals surface area contributed by atoms with Gasteiger partial charge in [-0.3, -0.25) is 0 Å². The first-order chi connectivity index (χ1) is 31.8. The molecule has 0 saturated heterocycles. The average Bonchev–Trinajstić information content (AvgIpc) is 4.10. The van der Waals surface area contributed by atoms with Crippen molar-refractivity contribution in [2.45, 2.75) is 5.41 Å². The highest BCUT2D eigenvalue weighted by molar-refractivity contribution is 6.26. The molecule has 2 aliphatic rings. The molecule has 0 fully saturated rings. The van der Waals surface area contributed by atoms with E-state index in [1.807, 2.05) is 0 Å². The van der Waals surface area contributed by atoms with Crippen LogP contribution in [0.1, 0.15) is 22.3 Å². The second kappa shape index (κ2) is 13.3. The zero-order valence-corrected chi connectivity index (χ0v) is 34.6. The van der Waals surface area contributed by atoms with Gasteiger partial charge in [-0.2, -0.15) is 0 Å². The summed E-state index contributed by atoms with van der Waals surface area (Å²) in [6.45, 7) is 0. The minimum atomic E-state index is -0.478. The summed E-state index contributed by atoms with van der Waals surface area (Å²) in [4.78, 5) is 2.35. The van der Waals surface area contributed by atoms with E-state index >= 15 is 0 Å². The molecule has 12 aromatic rings. The minimum Gasteiger partial charge on any atom is -0.456 e. The molecule has 2 aromatic heterocycles. The summed E-state index contributed by atoms with van der Waals surface area (Å²) in [6, 6.07) is 81.1. The Morgan fingerprint density at radius 3 is 1.62 bits per heavy atom. The van der Waals surface area contributed by atoms with Crippen molar-refractivity contribution in [2.24, 2.45) is 0 Å². The normalized spacial score (nSPS) is 13.1. The Labute approximate surface area is 369 Å². The van der Waals surface area contributed by atoms with Gasteiger partial charge in [-0.1, -0.05) is 176 Å². The van der Waals surface area contributed by atoms with Crippen molar-refractivity contribution in [1.29, 1.82) is 0 Å². The van der Waals surface area contributed by atoms with Crippen LogP contribution in [0.15, 0.2) is 233 Å². The van der Waals surface area contributed by atoms with E-state index in [0.717, 1.165) is 72.1 Å². The zero-order chi connectivity index (χ0) is 41.9. The van der Waals surface area contributed by atoms with Gasteiger partial charge in [-0.25, -0.2) is 0 Å². The molecule has 0 unspecified atom stereocenters. The molecular formula is C61H37NO2. The summed E-state index contributed by atoms with van der Waals surface area (Å²) < 4.78 is 14.2. The third-order valence-electron chi connectivity index (χ3n) is 13.9. The maximum absolute atomic E-state index is 7.31. The van der Waals surface area contributed by atoms with Gasteiger partial charge in [0, 0.05) is 33.1 Å². The molecule has 3 nitrogen and oxygen atoms in total. The number of nitrogens with zero attached hydrogens (tertiary/aromatic N) is 1. The molecule has 2 aliphatic carbocycles. The van der Waals surface area contributed by atoms with Crippen molar-refractivity contribution in [3.63, 3.8) is 0 Å². The molecule has 0 N–H and O–H groups in total. The van der Waals surface area contributed by atoms with Crippen LogP contribution in [0.5, 0.6) is 0 Å². The molecular weight excluding hydrogens is 779 g/mol. The molecule has 0 saturated carbocycles. The highest BCUT2D eigenvalue weighted by Gasteiger charge is 2.52. The van der Waals surface area contributed by atoms with Crippen molar-refractivity contribution in [2.75, 3.05) is 4.90 Å². The van der Waals surface area contributed by atoms with Crippen LogP contribution in [0, 0.1) is 0 Å². The molecule has 14 rings (SSSR count). The van der Waals surface area contributed by atoms with Crippen molar-refractivity contribution in [3.8, 4) is 44.5 Å². The molecule has 0 aliphatic heterocycles. The largest absolute Gasteiger partial charge is 0.456 e. The van der Waals surface area contributed by atoms with Crippen LogP contribution in [0.3, 0.4) is 0 Å². The lowest BCUT2D eigenvalue weighted by atomic mass is 9.70. The smallest absolute Gasteiger partial charge is 0.144 e. The standard InChI is InChI=1S/C61H37NO2/c1-3-17-38(18-4-1)39-33-35-41(36-34-39)62(40-19-5-2-6-20-40)52-30-16-32-54-57(52)47-37-55-58(45-24-10-14-31-53(45)63-55)59(60(47)64-54)46-25-15-29-51-56(46)44-23-9-13-28-50(44)61(51)48-26-11-7-21-42(48)43-22-8-12-27-49(43)61/h1-37H. The number of hydrogen-bond acceptors (Lipinski definition) is 3. The number of fused-ring (bicyclic) bond motifs is 16. The van der Waals surface area contributed by atoms with Gasteiger partial charge in [0.25, 0.3) is 0 Å². The summed E-state index contributed by atoms with van der Waals surface area (Å²) >= 11 is 0. The van der Waals surface area contributed by atoms with Gasteiger partial charge in [0.1, 0.15) is 22.3 Å². The molecule has 0 radical (unpaired) electrons. The number of anilines is 3. The van der Waals surface area contributed by atoms with E-state index in [2.05, 4.69) is 229 Å². The monoisotopic (exact) mass is 815 g/mol. The third kappa shape index (κ3) is 4.70. The van der Waals surface area contributed by atoms with Gasteiger partial charge in [0.2, 0.25) is 0 Å². The lowest BCUT2D eigenvalue weighted by Gasteiger charge is -2.30. The summed E-state index contributed by atoms with van der Waals surface area (Å²) in [7, 11) is 0. The summed E-state index contributed by atoms with van der Waals surface area (Å²) in [5.74, 6) is 0. The fourth-order valence-corrected chi connectivity index (χ4v) is 11.4. The lowest BCUT2D eigenvalue weighted by Crippen LogP contribution is -2.25. The Bertz CT molecular complexity index is 3790. The molecule has 64 heavy (non-hydrogen) atoms. The first kappa shape index (κ1) is 35.2. The maximum Gasteiger partial charge on any atom is 0.144 e. The van der Waals surface area contributed by atoms with Gasteiger partial charge in [-0.15, -0.1) is 0 Å². The minimum absolute atomic E-state index is 0.478. The number of rotatable bonds is 5. The molecule has 1 spiro atoms. The van der Waals surface area contributed by atoms with E-state index in [-0.39, 0.29) is 0 Å². The van der Waals surface area contributed by atoms with Crippen molar-refractivity contribution in [3.05, 3.63) is 247 Å². The van der Waals surface area contributed by atoms with Crippen molar-refractivity contribution in [1.82, 2.24) is 0 Å². The predicted octanol–water partition coefficient (Wildman–Crippen LogP) is 16.6. The molecule has 10 aromatic carbocycles. The fraction of sp³-hybridized carbons (Fsp3) is 0.0164. The average molecular weight is 816 g/mol. The van der Waals surface area contributed by atoms with Crippen LogP contribution in [-0.4, -0.2) is 0 Å². The lowest BCUT2D eigenvalue weighted by molar-refractivity contribution is 0.664. The molecule has 0 atom stereocenters. The van der Waals surface area contributed by atoms with Gasteiger partial charge in [0.15, 0.2) is 0 Å². The second-order valence-corrected chi connectivity index (χ2v) is 17.1. The molecule has 3 heteroatoms. The summed E-state index contributed by atoms with van der Waals surface area (Å²) in [5, 5.41) is 4.15. The SMILES string of the molecule is c1ccc(-c2ccc(N(c3ccccc3)c3cccc4oc5c(-c6cccc7c6-c6ccccc6C76c7ccccc7-c7ccccc76)c6c(cc5c34)oc3ccccc36)cc2)cc1. The number of para-hydroxylation sites is 2. The van der Waals surface area contributed by atoms with E-state index in [1.54, 1.807) is 0 Å². The number of benzene rings is 10. The first-order valence-electron chi connectivity index (χ1n) is 22.0. The molecule has 2 heterocycles. The van der Waals surface area contributed by atoms with Crippen LogP contribution >= 0.6 is 0 Å². The van der Waals surface area contributed by atoms with E-state index < -0.39 is 5.41 Å². The van der Waals surface area contributed by atoms with Crippen LogP contribution in [0.4, 0.5) is 17.1 Å².